The van der Waals surface area contributed by atoms with Crippen molar-refractivity contribution in [1.82, 2.24) is 10.2 Å². The number of carbonyl (C=O) groups excluding carboxylic acids is 1. The summed E-state index contributed by atoms with van der Waals surface area (Å²) in [5.41, 5.74) is 0.906. The number of ether oxygens (including phenoxy) is 2. The van der Waals surface area contributed by atoms with Gasteiger partial charge in [-0.2, -0.15) is 5.10 Å². The molecule has 0 atom stereocenters. The molecular formula is C12H12BrN3O3. The third kappa shape index (κ3) is 2.87. The van der Waals surface area contributed by atoms with Gasteiger partial charge in [-0.25, -0.2) is 0 Å². The van der Waals surface area contributed by atoms with Crippen LogP contribution in [0.5, 0.6) is 11.5 Å². The van der Waals surface area contributed by atoms with E-state index in [0.29, 0.717) is 22.9 Å². The maximum absolute atomic E-state index is 11.9. The second-order valence-electron chi connectivity index (χ2n) is 3.61. The molecule has 7 heteroatoms. The van der Waals surface area contributed by atoms with Crippen LogP contribution in [-0.2, 0) is 0 Å². The molecule has 0 unspecified atom stereocenters. The summed E-state index contributed by atoms with van der Waals surface area (Å²) in [5.74, 6) is 0.831. The third-order valence-electron chi connectivity index (χ3n) is 2.47. The predicted octanol–water partition coefficient (Wildman–Crippen LogP) is 2.44. The Bertz CT molecular complexity index is 584. The van der Waals surface area contributed by atoms with Gasteiger partial charge < -0.3 is 14.8 Å². The lowest BCUT2D eigenvalue weighted by molar-refractivity contribution is 0.102. The Morgan fingerprint density at radius 1 is 1.32 bits per heavy atom. The minimum Gasteiger partial charge on any atom is -0.495 e. The largest absolute Gasteiger partial charge is 0.495 e. The van der Waals surface area contributed by atoms with E-state index in [2.05, 4.69) is 31.4 Å². The fourth-order valence-electron chi connectivity index (χ4n) is 1.53. The van der Waals surface area contributed by atoms with Crippen LogP contribution in [0.25, 0.3) is 0 Å². The lowest BCUT2D eigenvalue weighted by Crippen LogP contribution is -2.13. The number of nitrogens with one attached hydrogen (secondary N) is 2. The molecule has 6 nitrogen and oxygen atoms in total. The van der Waals surface area contributed by atoms with Crippen molar-refractivity contribution < 1.29 is 14.3 Å². The number of aromatic nitrogens is 2. The predicted molar refractivity (Wildman–Crippen MR) is 73.8 cm³/mol. The number of benzene rings is 1. The van der Waals surface area contributed by atoms with Crippen molar-refractivity contribution in [2.45, 2.75) is 0 Å². The molecule has 0 spiro atoms. The molecule has 2 N–H and O–H groups in total. The molecule has 0 fully saturated rings. The van der Waals surface area contributed by atoms with Crippen molar-refractivity contribution in [2.75, 3.05) is 19.5 Å². The molecule has 0 aliphatic heterocycles. The molecule has 0 radical (unpaired) electrons. The van der Waals surface area contributed by atoms with Crippen molar-refractivity contribution in [3.8, 4) is 11.5 Å². The number of methoxy groups -OCH3 is 2. The molecule has 19 heavy (non-hydrogen) atoms. The Hall–Kier alpha value is -2.02. The fraction of sp³-hybridized carbons (Fsp3) is 0.167. The van der Waals surface area contributed by atoms with E-state index >= 15 is 0 Å². The summed E-state index contributed by atoms with van der Waals surface area (Å²) >= 11 is 3.36. The van der Waals surface area contributed by atoms with Crippen LogP contribution in [-0.4, -0.2) is 30.3 Å². The molecule has 1 heterocycles. The van der Waals surface area contributed by atoms with Gasteiger partial charge in [-0.3, -0.25) is 9.89 Å². The van der Waals surface area contributed by atoms with Crippen molar-refractivity contribution >= 4 is 27.5 Å². The van der Waals surface area contributed by atoms with Crippen LogP contribution in [0.2, 0.25) is 0 Å². The van der Waals surface area contributed by atoms with Gasteiger partial charge in [0.05, 0.1) is 24.4 Å². The maximum Gasteiger partial charge on any atom is 0.273 e. The Balaban J connectivity index is 2.29. The number of nitrogens with zero attached hydrogens (tertiary/aromatic N) is 1. The average molecular weight is 326 g/mol. The first-order valence-electron chi connectivity index (χ1n) is 5.38. The molecule has 0 saturated heterocycles. The molecule has 1 aromatic heterocycles. The zero-order valence-electron chi connectivity index (χ0n) is 10.4. The van der Waals surface area contributed by atoms with Gasteiger partial charge in [0.15, 0.2) is 0 Å². The van der Waals surface area contributed by atoms with Gasteiger partial charge in [-0.1, -0.05) is 0 Å². The number of hydrogen-bond acceptors (Lipinski definition) is 4. The average Bonchev–Trinajstić information content (AvgIpc) is 2.93. The molecule has 0 aliphatic carbocycles. The molecule has 2 aromatic rings. The normalized spacial score (nSPS) is 10.1. The maximum atomic E-state index is 11.9. The molecular weight excluding hydrogens is 314 g/mol. The van der Waals surface area contributed by atoms with Gasteiger partial charge in [-0.15, -0.1) is 0 Å². The molecule has 0 saturated carbocycles. The summed E-state index contributed by atoms with van der Waals surface area (Å²) in [7, 11) is 3.08. The quantitative estimate of drug-likeness (QED) is 0.905. The summed E-state index contributed by atoms with van der Waals surface area (Å²) in [6, 6.07) is 4.99. The van der Waals surface area contributed by atoms with Gasteiger partial charge in [0.1, 0.15) is 17.2 Å². The Labute approximate surface area is 118 Å². The Morgan fingerprint density at radius 2 is 2.05 bits per heavy atom. The van der Waals surface area contributed by atoms with Crippen molar-refractivity contribution in [3.63, 3.8) is 0 Å². The lowest BCUT2D eigenvalue weighted by Gasteiger charge is -2.12. The number of aromatic amines is 1. The van der Waals surface area contributed by atoms with Gasteiger partial charge >= 0.3 is 0 Å². The van der Waals surface area contributed by atoms with Crippen molar-refractivity contribution in [3.05, 3.63) is 34.6 Å². The number of anilines is 1. The highest BCUT2D eigenvalue weighted by Gasteiger charge is 2.13. The van der Waals surface area contributed by atoms with Crippen LogP contribution in [0.3, 0.4) is 0 Å². The highest BCUT2D eigenvalue weighted by atomic mass is 79.9. The molecule has 2 rings (SSSR count). The number of rotatable bonds is 4. The summed E-state index contributed by atoms with van der Waals surface area (Å²) < 4.78 is 11.1. The van der Waals surface area contributed by atoms with Crippen molar-refractivity contribution in [1.29, 1.82) is 0 Å². The summed E-state index contributed by atoms with van der Waals surface area (Å²) in [6.07, 6.45) is 1.51. The van der Waals surface area contributed by atoms with E-state index in [4.69, 9.17) is 9.47 Å². The lowest BCUT2D eigenvalue weighted by atomic mass is 10.2. The number of hydrogen-bond donors (Lipinski definition) is 2. The number of H-pyrrole nitrogens is 1. The smallest absolute Gasteiger partial charge is 0.273 e. The second kappa shape index (κ2) is 5.75. The van der Waals surface area contributed by atoms with Crippen LogP contribution in [0.4, 0.5) is 5.69 Å². The Kier molecular flexibility index (Phi) is 4.06. The highest BCUT2D eigenvalue weighted by Crippen LogP contribution is 2.36. The number of carbonyl (C=O) groups is 1. The van der Waals surface area contributed by atoms with Crippen LogP contribution >= 0.6 is 15.9 Å². The molecule has 1 amide bonds. The van der Waals surface area contributed by atoms with E-state index in [1.54, 1.807) is 25.3 Å². The van der Waals surface area contributed by atoms with Gasteiger partial charge in [0.25, 0.3) is 5.91 Å². The first-order valence-corrected chi connectivity index (χ1v) is 6.17. The van der Waals surface area contributed by atoms with Gasteiger partial charge in [0.2, 0.25) is 0 Å². The highest BCUT2D eigenvalue weighted by molar-refractivity contribution is 9.10. The zero-order valence-corrected chi connectivity index (χ0v) is 11.9. The first-order chi connectivity index (χ1) is 9.15. The van der Waals surface area contributed by atoms with Gasteiger partial charge in [-0.05, 0) is 28.1 Å². The third-order valence-corrected chi connectivity index (χ3v) is 3.09. The summed E-state index contributed by atoms with van der Waals surface area (Å²) in [5, 5.41) is 9.05. The van der Waals surface area contributed by atoms with Crippen molar-refractivity contribution in [2.24, 2.45) is 0 Å². The van der Waals surface area contributed by atoms with E-state index in [1.807, 2.05) is 0 Å². The summed E-state index contributed by atoms with van der Waals surface area (Å²) in [4.78, 5) is 11.9. The molecule has 100 valence electrons. The van der Waals surface area contributed by atoms with Crippen LogP contribution in [0, 0.1) is 0 Å². The van der Waals surface area contributed by atoms with Crippen LogP contribution in [0.15, 0.2) is 28.9 Å². The number of halogens is 1. The summed E-state index contributed by atoms with van der Waals surface area (Å²) in [6.45, 7) is 0. The fourth-order valence-corrected chi connectivity index (χ4v) is 2.03. The molecule has 0 aliphatic rings. The standard InChI is InChI=1S/C12H12BrN3O3/c1-18-10-6-11(19-2)9(5-7(10)13)15-12(17)8-3-4-14-16-8/h3-6H,1-2H3,(H,14,16)(H,15,17). The minimum atomic E-state index is -0.298. The van der Waals surface area contributed by atoms with Crippen LogP contribution < -0.4 is 14.8 Å². The Morgan fingerprint density at radius 3 is 2.63 bits per heavy atom. The van der Waals surface area contributed by atoms with E-state index in [-0.39, 0.29) is 5.91 Å². The molecule has 1 aromatic carbocycles. The minimum absolute atomic E-state index is 0.298. The van der Waals surface area contributed by atoms with E-state index < -0.39 is 0 Å². The monoisotopic (exact) mass is 325 g/mol. The van der Waals surface area contributed by atoms with E-state index in [1.165, 1.54) is 13.3 Å². The van der Waals surface area contributed by atoms with E-state index in [0.717, 1.165) is 4.47 Å². The van der Waals surface area contributed by atoms with Crippen LogP contribution in [0.1, 0.15) is 10.5 Å². The van der Waals surface area contributed by atoms with Gasteiger partial charge in [0, 0.05) is 12.3 Å². The second-order valence-corrected chi connectivity index (χ2v) is 4.47. The zero-order chi connectivity index (χ0) is 13.8. The first kappa shape index (κ1) is 13.4. The number of amides is 1. The molecule has 0 bridgehead atoms. The SMILES string of the molecule is COc1cc(OC)c(NC(=O)c2ccn[nH]2)cc1Br. The topological polar surface area (TPSA) is 76.2 Å². The van der Waals surface area contributed by atoms with E-state index in [9.17, 15) is 4.79 Å².